The van der Waals surface area contributed by atoms with Gasteiger partial charge >= 0.3 is 12.1 Å². The Morgan fingerprint density at radius 2 is 1.76 bits per heavy atom. The van der Waals surface area contributed by atoms with Gasteiger partial charge in [0, 0.05) is 12.3 Å². The molecule has 0 spiro atoms. The van der Waals surface area contributed by atoms with Gasteiger partial charge in [0.05, 0.1) is 7.11 Å². The van der Waals surface area contributed by atoms with Gasteiger partial charge in [-0.15, -0.1) is 0 Å². The van der Waals surface area contributed by atoms with Gasteiger partial charge < -0.3 is 25.0 Å². The van der Waals surface area contributed by atoms with E-state index in [0.717, 1.165) is 6.42 Å². The highest BCUT2D eigenvalue weighted by Gasteiger charge is 2.35. The normalized spacial score (nSPS) is 12.8. The number of unbranched alkanes of at least 4 members (excludes halogenated alkanes) is 1. The van der Waals surface area contributed by atoms with Gasteiger partial charge in [-0.2, -0.15) is 12.6 Å². The van der Waals surface area contributed by atoms with E-state index < -0.39 is 41.6 Å². The number of alkyl carbamates (subject to hydrolysis) is 1. The number of nitrogens with one attached hydrogen (secondary N) is 2. The number of esters is 1. The lowest BCUT2D eigenvalue weighted by Gasteiger charge is -2.34. The van der Waals surface area contributed by atoms with Crippen LogP contribution in [0.15, 0.2) is 30.3 Å². The predicted octanol–water partition coefficient (Wildman–Crippen LogP) is 2.47. The van der Waals surface area contributed by atoms with Crippen molar-refractivity contribution in [1.29, 1.82) is 0 Å². The monoisotopic (exact) mass is 481 g/mol. The smallest absolute Gasteiger partial charge is 0.408 e. The minimum atomic E-state index is -1.02. The van der Waals surface area contributed by atoms with Crippen LogP contribution >= 0.6 is 12.6 Å². The quantitative estimate of drug-likeness (QED) is 0.331. The Kier molecular flexibility index (Phi) is 11.8. The van der Waals surface area contributed by atoms with Crippen LogP contribution < -0.4 is 10.6 Å². The van der Waals surface area contributed by atoms with Gasteiger partial charge in [-0.3, -0.25) is 14.4 Å². The Balaban J connectivity index is 3.26. The van der Waals surface area contributed by atoms with Crippen molar-refractivity contribution in [3.63, 3.8) is 0 Å². The van der Waals surface area contributed by atoms with Crippen molar-refractivity contribution in [2.24, 2.45) is 0 Å². The fraction of sp³-hybridized carbons (Fsp3) is 0.565. The number of thiol groups is 1. The zero-order valence-electron chi connectivity index (χ0n) is 19.9. The minimum Gasteiger partial charge on any atom is -0.468 e. The average molecular weight is 482 g/mol. The molecule has 0 saturated carbocycles. The van der Waals surface area contributed by atoms with Crippen LogP contribution in [0.4, 0.5) is 4.79 Å². The average Bonchev–Trinajstić information content (AvgIpc) is 2.77. The van der Waals surface area contributed by atoms with Gasteiger partial charge in [-0.1, -0.05) is 43.7 Å². The summed E-state index contributed by atoms with van der Waals surface area (Å²) in [6.45, 7) is 7.05. The first kappa shape index (κ1) is 28.3. The Labute approximate surface area is 201 Å². The van der Waals surface area contributed by atoms with Crippen molar-refractivity contribution < 1.29 is 28.7 Å². The van der Waals surface area contributed by atoms with E-state index in [1.807, 2.05) is 6.92 Å². The SMILES string of the molecule is CCCCN(C(=O)C(CS)NC(=O)OC(C)(C)C)C(C(=O)NCC(=O)OC)c1ccccc1. The zero-order chi connectivity index (χ0) is 25.0. The number of rotatable bonds is 11. The van der Waals surface area contributed by atoms with Gasteiger partial charge in [0.2, 0.25) is 11.8 Å². The van der Waals surface area contributed by atoms with E-state index >= 15 is 0 Å². The number of nitrogens with zero attached hydrogens (tertiary/aromatic N) is 1. The van der Waals surface area contributed by atoms with Crippen LogP contribution in [0, 0.1) is 0 Å². The number of hydrogen-bond acceptors (Lipinski definition) is 7. The van der Waals surface area contributed by atoms with Crippen molar-refractivity contribution in [2.45, 2.75) is 58.2 Å². The van der Waals surface area contributed by atoms with Crippen molar-refractivity contribution in [3.8, 4) is 0 Å². The molecule has 2 unspecified atom stereocenters. The summed E-state index contributed by atoms with van der Waals surface area (Å²) in [6, 6.07) is 6.74. The molecule has 0 aliphatic rings. The second-order valence-corrected chi connectivity index (χ2v) is 8.74. The standard InChI is InChI=1S/C23H35N3O6S/c1-6-7-13-26(21(29)17(15-33)25-22(30)32-23(2,3)4)19(16-11-9-8-10-12-16)20(28)24-14-18(27)31-5/h8-12,17,19,33H,6-7,13-15H2,1-5H3,(H,24,28)(H,25,30). The van der Waals surface area contributed by atoms with Crippen LogP contribution in [0.25, 0.3) is 0 Å². The molecule has 3 amide bonds. The van der Waals surface area contributed by atoms with Crippen LogP contribution in [-0.2, 0) is 23.9 Å². The number of benzene rings is 1. The van der Waals surface area contributed by atoms with E-state index in [9.17, 15) is 19.2 Å². The van der Waals surface area contributed by atoms with Crippen molar-refractivity contribution >= 4 is 36.5 Å². The first-order valence-electron chi connectivity index (χ1n) is 10.8. The largest absolute Gasteiger partial charge is 0.468 e. The Hall–Kier alpha value is -2.75. The molecule has 10 heteroatoms. The summed E-state index contributed by atoms with van der Waals surface area (Å²) < 4.78 is 9.86. The molecule has 0 bridgehead atoms. The molecule has 2 N–H and O–H groups in total. The molecule has 1 rings (SSSR count). The summed E-state index contributed by atoms with van der Waals surface area (Å²) in [7, 11) is 1.22. The summed E-state index contributed by atoms with van der Waals surface area (Å²) in [4.78, 5) is 51.9. The highest BCUT2D eigenvalue weighted by atomic mass is 32.1. The first-order valence-corrected chi connectivity index (χ1v) is 11.5. The number of carbonyl (C=O) groups is 4. The third-order valence-electron chi connectivity index (χ3n) is 4.52. The number of hydrogen-bond donors (Lipinski definition) is 3. The maximum absolute atomic E-state index is 13.5. The molecule has 33 heavy (non-hydrogen) atoms. The number of amides is 3. The van der Waals surface area contributed by atoms with E-state index in [1.54, 1.807) is 51.1 Å². The third-order valence-corrected chi connectivity index (χ3v) is 4.88. The van der Waals surface area contributed by atoms with Gasteiger partial charge in [0.1, 0.15) is 24.2 Å². The van der Waals surface area contributed by atoms with E-state index in [4.69, 9.17) is 4.74 Å². The maximum atomic E-state index is 13.5. The molecule has 184 valence electrons. The second-order valence-electron chi connectivity index (χ2n) is 8.37. The summed E-state index contributed by atoms with van der Waals surface area (Å²) in [5, 5.41) is 5.08. The van der Waals surface area contributed by atoms with E-state index in [1.165, 1.54) is 12.0 Å². The van der Waals surface area contributed by atoms with Crippen LogP contribution in [-0.4, -0.2) is 66.4 Å². The van der Waals surface area contributed by atoms with E-state index in [-0.39, 0.29) is 18.8 Å². The second kappa shape index (κ2) is 13.7. The highest BCUT2D eigenvalue weighted by Crippen LogP contribution is 2.23. The predicted molar refractivity (Wildman–Crippen MR) is 128 cm³/mol. The molecule has 9 nitrogen and oxygen atoms in total. The topological polar surface area (TPSA) is 114 Å². The fourth-order valence-corrected chi connectivity index (χ4v) is 3.21. The van der Waals surface area contributed by atoms with Crippen LogP contribution in [0.1, 0.15) is 52.1 Å². The van der Waals surface area contributed by atoms with Crippen molar-refractivity contribution in [2.75, 3.05) is 26.0 Å². The molecule has 0 aliphatic carbocycles. The van der Waals surface area contributed by atoms with Gasteiger partial charge in [-0.25, -0.2) is 4.79 Å². The molecule has 0 aromatic heterocycles. The molecule has 0 saturated heterocycles. The molecule has 0 radical (unpaired) electrons. The lowest BCUT2D eigenvalue weighted by molar-refractivity contribution is -0.144. The lowest BCUT2D eigenvalue weighted by Crippen LogP contribution is -2.54. The summed E-state index contributed by atoms with van der Waals surface area (Å²) in [6.07, 6.45) is 0.655. The van der Waals surface area contributed by atoms with Crippen LogP contribution in [0.5, 0.6) is 0 Å². The minimum absolute atomic E-state index is 0.00594. The molecule has 0 fully saturated rings. The number of ether oxygens (including phenoxy) is 2. The fourth-order valence-electron chi connectivity index (χ4n) is 2.97. The number of carbonyl (C=O) groups excluding carboxylic acids is 4. The third kappa shape index (κ3) is 9.73. The summed E-state index contributed by atoms with van der Waals surface area (Å²) in [5.41, 5.74) is -0.171. The highest BCUT2D eigenvalue weighted by molar-refractivity contribution is 7.80. The molecule has 1 aromatic rings. The van der Waals surface area contributed by atoms with Crippen LogP contribution in [0.2, 0.25) is 0 Å². The van der Waals surface area contributed by atoms with Gasteiger partial charge in [0.15, 0.2) is 0 Å². The van der Waals surface area contributed by atoms with Crippen molar-refractivity contribution in [3.05, 3.63) is 35.9 Å². The van der Waals surface area contributed by atoms with Gasteiger partial charge in [-0.05, 0) is 32.8 Å². The Morgan fingerprint density at radius 1 is 1.12 bits per heavy atom. The summed E-state index contributed by atoms with van der Waals surface area (Å²) in [5.74, 6) is -1.62. The molecule has 0 aliphatic heterocycles. The lowest BCUT2D eigenvalue weighted by atomic mass is 10.0. The first-order chi connectivity index (χ1) is 15.5. The van der Waals surface area contributed by atoms with Crippen molar-refractivity contribution in [1.82, 2.24) is 15.5 Å². The number of methoxy groups -OCH3 is 1. The van der Waals surface area contributed by atoms with E-state index in [2.05, 4.69) is 28.0 Å². The Morgan fingerprint density at radius 3 is 2.27 bits per heavy atom. The summed E-state index contributed by atoms with van der Waals surface area (Å²) >= 11 is 4.24. The van der Waals surface area contributed by atoms with Gasteiger partial charge in [0.25, 0.3) is 0 Å². The maximum Gasteiger partial charge on any atom is 0.408 e. The Bertz CT molecular complexity index is 797. The molecular formula is C23H35N3O6S. The van der Waals surface area contributed by atoms with Crippen LogP contribution in [0.3, 0.4) is 0 Å². The van der Waals surface area contributed by atoms with E-state index in [0.29, 0.717) is 12.0 Å². The molecule has 0 heterocycles. The molecule has 1 aromatic carbocycles. The molecule has 2 atom stereocenters. The zero-order valence-corrected chi connectivity index (χ0v) is 20.8. The molecular weight excluding hydrogens is 446 g/mol.